The Morgan fingerprint density at radius 3 is 1.47 bits per heavy atom. The van der Waals surface area contributed by atoms with Gasteiger partial charge >= 0.3 is 17.9 Å². The molecule has 5 saturated heterocycles. The number of nitrogens with zero attached hydrogens (tertiary/aromatic N) is 3. The minimum Gasteiger partial charge on any atom is -0.459 e. The van der Waals surface area contributed by atoms with E-state index < -0.39 is 147 Å². The molecule has 9 unspecified atom stereocenters. The molecule has 0 bridgehead atoms. The standard InChI is InChI=1S/C82H93N3O20/c1-52-53(2)78(97-66-51-95-79(102-69(52)66)63-40-25-12-26-41-63)105-74-73(67(50-94-76(87)61-36-21-10-22-37-61)98-80(91-43-27-42-84-85-83)75(74)101-77(88)62-38-23-11-24-39-62)104-82-72(96-56(5)86)55(4)70(65(100-82)49-90-45-58-30-15-7-16-31-58)103-81-71(93-47-60-34-19-9-20-35-60)54(3)68(92-46-59-32-17-8-18-33-59)64(99-81)48-89-44-57-28-13-6-14-29-57/h6-26,28-41,52-55,64-75,78-82H,27,42-51H2,1-5H3/t52-,53?,54+,55+,64?,65?,66?,67?,68-,69+,70+,71?,72?,73+,74+,75?,78+,79?,80-,81+,82+/m1/s1. The van der Waals surface area contributed by atoms with Gasteiger partial charge in [-0.1, -0.05) is 221 Å². The molecule has 7 aromatic rings. The van der Waals surface area contributed by atoms with Crippen molar-refractivity contribution in [3.8, 4) is 0 Å². The summed E-state index contributed by atoms with van der Waals surface area (Å²) in [6, 6.07) is 65.7. The highest BCUT2D eigenvalue weighted by molar-refractivity contribution is 5.90. The molecule has 0 aromatic heterocycles. The Labute approximate surface area is 612 Å². The summed E-state index contributed by atoms with van der Waals surface area (Å²) < 4.78 is 117. The van der Waals surface area contributed by atoms with Gasteiger partial charge in [0.05, 0.1) is 82.3 Å². The van der Waals surface area contributed by atoms with E-state index in [1.54, 1.807) is 60.7 Å². The molecule has 23 heteroatoms. The summed E-state index contributed by atoms with van der Waals surface area (Å²) in [5.74, 6) is -4.08. The van der Waals surface area contributed by atoms with Crippen molar-refractivity contribution in [3.63, 3.8) is 0 Å². The summed E-state index contributed by atoms with van der Waals surface area (Å²) in [6.07, 6.45) is -18.2. The van der Waals surface area contributed by atoms with E-state index in [2.05, 4.69) is 23.9 Å². The lowest BCUT2D eigenvalue weighted by molar-refractivity contribution is -0.395. The van der Waals surface area contributed by atoms with Gasteiger partial charge < -0.3 is 80.5 Å². The van der Waals surface area contributed by atoms with E-state index in [9.17, 15) is 19.9 Å². The van der Waals surface area contributed by atoms with Crippen molar-refractivity contribution in [2.75, 3.05) is 39.6 Å². The Morgan fingerprint density at radius 2 is 0.905 bits per heavy atom. The number of azide groups is 1. The Kier molecular flexibility index (Phi) is 27.8. The van der Waals surface area contributed by atoms with Crippen LogP contribution in [0.1, 0.15) is 95.9 Å². The predicted octanol–water partition coefficient (Wildman–Crippen LogP) is 13.0. The second-order valence-corrected chi connectivity index (χ2v) is 27.1. The van der Waals surface area contributed by atoms with Gasteiger partial charge in [0, 0.05) is 41.7 Å². The van der Waals surface area contributed by atoms with Gasteiger partial charge in [0.2, 0.25) is 0 Å². The summed E-state index contributed by atoms with van der Waals surface area (Å²) in [5.41, 5.74) is 14.3. The van der Waals surface area contributed by atoms with Gasteiger partial charge in [0.25, 0.3) is 0 Å². The van der Waals surface area contributed by atoms with Crippen molar-refractivity contribution in [1.29, 1.82) is 0 Å². The zero-order chi connectivity index (χ0) is 72.9. The molecule has 556 valence electrons. The zero-order valence-corrected chi connectivity index (χ0v) is 59.6. The fourth-order valence-electron chi connectivity index (χ4n) is 13.9. The topological polar surface area (TPSA) is 257 Å². The van der Waals surface area contributed by atoms with Crippen molar-refractivity contribution in [3.05, 3.63) is 262 Å². The number of ether oxygens (including phenoxy) is 17. The van der Waals surface area contributed by atoms with Crippen molar-refractivity contribution in [1.82, 2.24) is 0 Å². The fourth-order valence-corrected chi connectivity index (χ4v) is 13.9. The van der Waals surface area contributed by atoms with Crippen LogP contribution in [-0.4, -0.2) is 156 Å². The second kappa shape index (κ2) is 38.3. The van der Waals surface area contributed by atoms with Crippen LogP contribution in [0.5, 0.6) is 0 Å². The first-order valence-electron chi connectivity index (χ1n) is 36.1. The van der Waals surface area contributed by atoms with Crippen LogP contribution in [-0.2, 0) is 112 Å². The van der Waals surface area contributed by atoms with Gasteiger partial charge in [0.1, 0.15) is 49.3 Å². The first kappa shape index (κ1) is 76.4. The Balaban J connectivity index is 0.924. The molecule has 23 nitrogen and oxygen atoms in total. The summed E-state index contributed by atoms with van der Waals surface area (Å²) in [4.78, 5) is 45.9. The maximum absolute atomic E-state index is 14.8. The number of fused-ring (bicyclic) bond motifs is 1. The molecule has 105 heavy (non-hydrogen) atoms. The average Bonchev–Trinajstić information content (AvgIpc) is 0.746. The monoisotopic (exact) mass is 1440 g/mol. The van der Waals surface area contributed by atoms with E-state index in [1.165, 1.54) is 6.92 Å². The van der Waals surface area contributed by atoms with E-state index in [0.29, 0.717) is 6.61 Å². The van der Waals surface area contributed by atoms with Gasteiger partial charge in [-0.3, -0.25) is 4.79 Å². The second-order valence-electron chi connectivity index (χ2n) is 27.1. The molecule has 0 radical (unpaired) electrons. The van der Waals surface area contributed by atoms with Crippen LogP contribution in [0.4, 0.5) is 0 Å². The van der Waals surface area contributed by atoms with Gasteiger partial charge in [-0.05, 0) is 64.4 Å². The van der Waals surface area contributed by atoms with Crippen LogP contribution in [0.2, 0.25) is 0 Å². The van der Waals surface area contributed by atoms with Crippen molar-refractivity contribution in [2.45, 2.75) is 172 Å². The summed E-state index contributed by atoms with van der Waals surface area (Å²) in [5, 5.41) is 3.72. The van der Waals surface area contributed by atoms with E-state index in [0.717, 1.165) is 27.8 Å². The molecule has 0 N–H and O–H groups in total. The van der Waals surface area contributed by atoms with Gasteiger partial charge in [-0.25, -0.2) is 9.59 Å². The normalized spacial score (nSPS) is 30.2. The number of carbonyl (C=O) groups excluding carboxylic acids is 3. The predicted molar refractivity (Wildman–Crippen MR) is 381 cm³/mol. The number of benzene rings is 7. The van der Waals surface area contributed by atoms with Crippen LogP contribution in [0, 0.1) is 23.7 Å². The molecule has 0 saturated carbocycles. The lowest BCUT2D eigenvalue weighted by Gasteiger charge is -2.52. The minimum atomic E-state index is -1.55. The van der Waals surface area contributed by atoms with E-state index >= 15 is 0 Å². The van der Waals surface area contributed by atoms with Crippen molar-refractivity contribution >= 4 is 17.9 Å². The van der Waals surface area contributed by atoms with Crippen molar-refractivity contribution in [2.24, 2.45) is 28.8 Å². The summed E-state index contributed by atoms with van der Waals surface area (Å²) in [6.45, 7) is 9.72. The maximum Gasteiger partial charge on any atom is 0.338 e. The molecule has 0 amide bonds. The molecule has 0 spiro atoms. The lowest BCUT2D eigenvalue weighted by Crippen LogP contribution is -2.67. The number of esters is 3. The first-order chi connectivity index (χ1) is 51.3. The number of hydrogen-bond donors (Lipinski definition) is 0. The molecular formula is C82H93N3O20. The molecule has 21 atom stereocenters. The highest BCUT2D eigenvalue weighted by atomic mass is 16.8. The van der Waals surface area contributed by atoms with Crippen LogP contribution >= 0.6 is 0 Å². The van der Waals surface area contributed by atoms with Gasteiger partial charge in [0.15, 0.2) is 43.7 Å². The van der Waals surface area contributed by atoms with Gasteiger partial charge in [-0.15, -0.1) is 0 Å². The number of carbonyl (C=O) groups is 3. The highest BCUT2D eigenvalue weighted by Gasteiger charge is 2.58. The molecule has 12 rings (SSSR count). The summed E-state index contributed by atoms with van der Waals surface area (Å²) in [7, 11) is 0. The van der Waals surface area contributed by atoms with Crippen LogP contribution in [0.25, 0.3) is 10.4 Å². The molecule has 0 aliphatic carbocycles. The lowest BCUT2D eigenvalue weighted by atomic mass is 9.84. The molecule has 5 aliphatic rings. The van der Waals surface area contributed by atoms with Crippen molar-refractivity contribution < 1.29 is 94.9 Å². The molecule has 7 aromatic carbocycles. The van der Waals surface area contributed by atoms with Crippen LogP contribution < -0.4 is 0 Å². The molecular weight excluding hydrogens is 1350 g/mol. The minimum absolute atomic E-state index is 0.0565. The Bertz CT molecular complexity index is 3820. The Hall–Kier alpha value is -8.30. The summed E-state index contributed by atoms with van der Waals surface area (Å²) >= 11 is 0. The van der Waals surface area contributed by atoms with Gasteiger partial charge in [-0.2, -0.15) is 0 Å². The molecule has 5 heterocycles. The van der Waals surface area contributed by atoms with Crippen LogP contribution in [0.15, 0.2) is 217 Å². The zero-order valence-electron chi connectivity index (χ0n) is 59.6. The molecule has 5 fully saturated rings. The number of rotatable bonds is 32. The highest BCUT2D eigenvalue weighted by Crippen LogP contribution is 2.44. The third-order valence-corrected chi connectivity index (χ3v) is 19.7. The third-order valence-electron chi connectivity index (χ3n) is 19.7. The smallest absolute Gasteiger partial charge is 0.338 e. The van der Waals surface area contributed by atoms with E-state index in [-0.39, 0.29) is 76.3 Å². The van der Waals surface area contributed by atoms with E-state index in [4.69, 9.17) is 80.5 Å². The van der Waals surface area contributed by atoms with Crippen LogP contribution in [0.3, 0.4) is 0 Å². The SMILES string of the molecule is CC(=O)OC1[C@H](O[C@H]2C(COC(=O)c3ccccc3)O[C@@H](OCCCN=[N+]=[N-])C(OC(=O)c3ccccc3)[C@H]2O[C@@H]2OC3COC(c4ccccc4)O[C@H]3[C@H](C)C2C)OC(COCc2ccccc2)[C@@H](O[C@@H]2OC(COCc3ccccc3)[C@H](OCc3ccccc3)[C@H](C)C2OCc2ccccc2)[C@@H]1C. The Morgan fingerprint density at radius 1 is 0.438 bits per heavy atom. The first-order valence-corrected chi connectivity index (χ1v) is 36.1. The molecule has 5 aliphatic heterocycles. The van der Waals surface area contributed by atoms with E-state index in [1.807, 2.05) is 166 Å². The average molecular weight is 1440 g/mol. The maximum atomic E-state index is 14.8. The number of hydrogen-bond acceptors (Lipinski definition) is 21. The quantitative estimate of drug-likeness (QED) is 0.00948. The fraction of sp³-hybridized carbons (Fsp3) is 0.451. The largest absolute Gasteiger partial charge is 0.459 e. The third kappa shape index (κ3) is 20.4.